The largest absolute Gasteiger partial charge is 0.495 e. The van der Waals surface area contributed by atoms with Crippen LogP contribution >= 0.6 is 0 Å². The van der Waals surface area contributed by atoms with Crippen molar-refractivity contribution in [1.29, 1.82) is 0 Å². The molecule has 180 valence electrons. The van der Waals surface area contributed by atoms with Gasteiger partial charge in [0.1, 0.15) is 16.4 Å². The van der Waals surface area contributed by atoms with E-state index in [0.29, 0.717) is 29.3 Å². The lowest BCUT2D eigenvalue weighted by Crippen LogP contribution is -2.16. The highest BCUT2D eigenvalue weighted by Gasteiger charge is 2.21. The zero-order valence-corrected chi connectivity index (χ0v) is 20.1. The van der Waals surface area contributed by atoms with Gasteiger partial charge in [-0.25, -0.2) is 8.42 Å². The van der Waals surface area contributed by atoms with Crippen LogP contribution in [0.25, 0.3) is 5.69 Å². The molecule has 35 heavy (non-hydrogen) atoms. The van der Waals surface area contributed by atoms with Gasteiger partial charge in [-0.1, -0.05) is 6.07 Å². The highest BCUT2D eigenvalue weighted by atomic mass is 32.2. The number of benzene rings is 3. The van der Waals surface area contributed by atoms with Crippen molar-refractivity contribution in [3.63, 3.8) is 0 Å². The fraction of sp³-hybridized carbons (Fsp3) is 0.115. The average molecular weight is 492 g/mol. The van der Waals surface area contributed by atoms with Gasteiger partial charge in [0.05, 0.1) is 13.7 Å². The quantitative estimate of drug-likeness (QED) is 0.346. The molecule has 8 nitrogen and oxygen atoms in total. The number of ether oxygens (including phenoxy) is 2. The first-order valence-electron chi connectivity index (χ1n) is 10.9. The number of anilines is 2. The molecule has 0 aliphatic carbocycles. The number of nitrogens with one attached hydrogen (secondary N) is 2. The summed E-state index contributed by atoms with van der Waals surface area (Å²) in [5, 5.41) is 2.77. The maximum absolute atomic E-state index is 13.1. The molecule has 0 aliphatic heterocycles. The van der Waals surface area contributed by atoms with Crippen LogP contribution in [-0.4, -0.2) is 32.6 Å². The van der Waals surface area contributed by atoms with Crippen LogP contribution in [0, 0.1) is 0 Å². The minimum atomic E-state index is -4.01. The summed E-state index contributed by atoms with van der Waals surface area (Å²) in [7, 11) is -2.63. The Labute approximate surface area is 204 Å². The minimum absolute atomic E-state index is 0.104. The van der Waals surface area contributed by atoms with E-state index in [1.165, 1.54) is 19.2 Å². The van der Waals surface area contributed by atoms with E-state index >= 15 is 0 Å². The molecule has 9 heteroatoms. The standard InChI is InChI=1S/C26H25N3O5S/c1-3-34-23-12-9-20(10-13-23)28-35(31,32)25-18-21(11-14-24(25)33-2)27-26(30)19-7-6-8-22(17-19)29-15-4-5-16-29/h4-18,28H,3H2,1-2H3,(H,27,30). The molecule has 4 aromatic rings. The molecule has 0 aliphatic rings. The van der Waals surface area contributed by atoms with Crippen LogP contribution in [0.4, 0.5) is 11.4 Å². The third-order valence-corrected chi connectivity index (χ3v) is 6.54. The molecular weight excluding hydrogens is 466 g/mol. The number of sulfonamides is 1. The first-order chi connectivity index (χ1) is 16.9. The summed E-state index contributed by atoms with van der Waals surface area (Å²) in [5.74, 6) is 0.418. The van der Waals surface area contributed by atoms with E-state index in [0.717, 1.165) is 5.69 Å². The first kappa shape index (κ1) is 23.9. The van der Waals surface area contributed by atoms with Crippen molar-refractivity contribution in [1.82, 2.24) is 4.57 Å². The zero-order chi connectivity index (χ0) is 24.8. The number of carbonyl (C=O) groups excluding carboxylic acids is 1. The van der Waals surface area contributed by atoms with Crippen LogP contribution in [-0.2, 0) is 10.0 Å². The van der Waals surface area contributed by atoms with Gasteiger partial charge in [0, 0.05) is 35.0 Å². The van der Waals surface area contributed by atoms with Gasteiger partial charge in [-0.2, -0.15) is 0 Å². The molecule has 0 bridgehead atoms. The van der Waals surface area contributed by atoms with Crippen LogP contribution in [0.2, 0.25) is 0 Å². The summed E-state index contributed by atoms with van der Waals surface area (Å²) >= 11 is 0. The lowest BCUT2D eigenvalue weighted by atomic mass is 10.2. The first-order valence-corrected chi connectivity index (χ1v) is 12.4. The van der Waals surface area contributed by atoms with Gasteiger partial charge in [-0.05, 0) is 79.7 Å². The molecule has 0 unspecified atom stereocenters. The number of carbonyl (C=O) groups is 1. The van der Waals surface area contributed by atoms with Crippen molar-refractivity contribution >= 4 is 27.3 Å². The zero-order valence-electron chi connectivity index (χ0n) is 19.3. The molecule has 1 aromatic heterocycles. The highest BCUT2D eigenvalue weighted by Crippen LogP contribution is 2.29. The minimum Gasteiger partial charge on any atom is -0.495 e. The van der Waals surface area contributed by atoms with Gasteiger partial charge < -0.3 is 19.4 Å². The molecule has 4 rings (SSSR count). The van der Waals surface area contributed by atoms with E-state index in [1.54, 1.807) is 48.5 Å². The maximum Gasteiger partial charge on any atom is 0.265 e. The molecular formula is C26H25N3O5S. The lowest BCUT2D eigenvalue weighted by Gasteiger charge is -2.14. The molecule has 0 saturated heterocycles. The van der Waals surface area contributed by atoms with Crippen LogP contribution < -0.4 is 19.5 Å². The molecule has 2 N–H and O–H groups in total. The second-order valence-corrected chi connectivity index (χ2v) is 9.17. The summed E-state index contributed by atoms with van der Waals surface area (Å²) in [4.78, 5) is 12.8. The number of rotatable bonds is 9. The third kappa shape index (κ3) is 5.64. The Hall–Kier alpha value is -4.24. The van der Waals surface area contributed by atoms with Crippen molar-refractivity contribution in [2.75, 3.05) is 23.8 Å². The fourth-order valence-electron chi connectivity index (χ4n) is 3.48. The van der Waals surface area contributed by atoms with Crippen LogP contribution in [0.5, 0.6) is 11.5 Å². The van der Waals surface area contributed by atoms with Crippen molar-refractivity contribution in [3.05, 3.63) is 96.8 Å². The Kier molecular flexibility index (Phi) is 7.07. The van der Waals surface area contributed by atoms with Crippen molar-refractivity contribution in [2.45, 2.75) is 11.8 Å². The molecule has 0 radical (unpaired) electrons. The molecule has 1 amide bonds. The van der Waals surface area contributed by atoms with E-state index in [-0.39, 0.29) is 16.6 Å². The monoisotopic (exact) mass is 491 g/mol. The Morgan fingerprint density at radius 3 is 2.31 bits per heavy atom. The predicted octanol–water partition coefficient (Wildman–Crippen LogP) is 4.94. The van der Waals surface area contributed by atoms with Gasteiger partial charge >= 0.3 is 0 Å². The van der Waals surface area contributed by atoms with Crippen molar-refractivity contribution < 1.29 is 22.7 Å². The van der Waals surface area contributed by atoms with E-state index in [4.69, 9.17) is 9.47 Å². The normalized spacial score (nSPS) is 11.0. The number of aromatic nitrogens is 1. The summed E-state index contributed by atoms with van der Waals surface area (Å²) < 4.78 is 41.4. The number of hydrogen-bond donors (Lipinski definition) is 2. The van der Waals surface area contributed by atoms with Gasteiger partial charge in [0.2, 0.25) is 0 Å². The average Bonchev–Trinajstić information content (AvgIpc) is 3.40. The molecule has 3 aromatic carbocycles. The van der Waals surface area contributed by atoms with Crippen molar-refractivity contribution in [3.8, 4) is 17.2 Å². The summed E-state index contributed by atoms with van der Waals surface area (Å²) in [6, 6.07) is 21.9. The second-order valence-electron chi connectivity index (χ2n) is 7.52. The van der Waals surface area contributed by atoms with E-state index < -0.39 is 10.0 Å². The van der Waals surface area contributed by atoms with Gasteiger partial charge in [-0.3, -0.25) is 9.52 Å². The Balaban J connectivity index is 1.56. The maximum atomic E-state index is 13.1. The van der Waals surface area contributed by atoms with Crippen LogP contribution in [0.3, 0.4) is 0 Å². The lowest BCUT2D eigenvalue weighted by molar-refractivity contribution is 0.102. The topological polar surface area (TPSA) is 98.7 Å². The van der Waals surface area contributed by atoms with Crippen LogP contribution in [0.15, 0.2) is 96.2 Å². The fourth-order valence-corrected chi connectivity index (χ4v) is 4.73. The Morgan fingerprint density at radius 1 is 0.914 bits per heavy atom. The summed E-state index contributed by atoms with van der Waals surface area (Å²) in [6.45, 7) is 2.38. The van der Waals surface area contributed by atoms with Gasteiger partial charge in [0.15, 0.2) is 0 Å². The van der Waals surface area contributed by atoms with Crippen LogP contribution in [0.1, 0.15) is 17.3 Å². The molecule has 0 atom stereocenters. The second kappa shape index (κ2) is 10.4. The SMILES string of the molecule is CCOc1ccc(NS(=O)(=O)c2cc(NC(=O)c3cccc(-n4cccc4)c3)ccc2OC)cc1. The van der Waals surface area contributed by atoms with Gasteiger partial charge in [0.25, 0.3) is 15.9 Å². The van der Waals surface area contributed by atoms with Crippen molar-refractivity contribution in [2.24, 2.45) is 0 Å². The number of hydrogen-bond acceptors (Lipinski definition) is 5. The smallest absolute Gasteiger partial charge is 0.265 e. The number of amides is 1. The number of nitrogens with zero attached hydrogens (tertiary/aromatic N) is 1. The molecule has 0 saturated carbocycles. The highest BCUT2D eigenvalue weighted by molar-refractivity contribution is 7.92. The van der Waals surface area contributed by atoms with E-state index in [1.807, 2.05) is 42.1 Å². The Morgan fingerprint density at radius 2 is 1.63 bits per heavy atom. The van der Waals surface area contributed by atoms with Gasteiger partial charge in [-0.15, -0.1) is 0 Å². The molecule has 0 fully saturated rings. The van der Waals surface area contributed by atoms with E-state index in [2.05, 4.69) is 10.0 Å². The number of methoxy groups -OCH3 is 1. The summed E-state index contributed by atoms with van der Waals surface area (Å²) in [6.07, 6.45) is 3.77. The summed E-state index contributed by atoms with van der Waals surface area (Å²) in [5.41, 5.74) is 1.95. The van der Waals surface area contributed by atoms with E-state index in [9.17, 15) is 13.2 Å². The Bertz CT molecular complexity index is 1420. The predicted molar refractivity (Wildman–Crippen MR) is 135 cm³/mol. The molecule has 1 heterocycles. The third-order valence-electron chi connectivity index (χ3n) is 5.14. The molecule has 0 spiro atoms.